The Hall–Kier alpha value is -2.09. The summed E-state index contributed by atoms with van der Waals surface area (Å²) in [7, 11) is 3.05. The summed E-state index contributed by atoms with van der Waals surface area (Å²) >= 11 is 0. The van der Waals surface area contributed by atoms with Crippen LogP contribution in [0.4, 0.5) is 5.95 Å². The predicted octanol–water partition coefficient (Wildman–Crippen LogP) is -0.752. The summed E-state index contributed by atoms with van der Waals surface area (Å²) < 4.78 is 4.18. The zero-order chi connectivity index (χ0) is 14.9. The molecule has 2 heterocycles. The first-order valence-electron chi connectivity index (χ1n) is 6.53. The molecule has 2 aromatic rings. The lowest BCUT2D eigenvalue weighted by Crippen LogP contribution is -2.37. The monoisotopic (exact) mass is 281 g/mol. The zero-order valence-electron chi connectivity index (χ0n) is 11.9. The number of aryl methyl sites for hydroxylation is 2. The molecule has 0 spiro atoms. The van der Waals surface area contributed by atoms with Crippen LogP contribution >= 0.6 is 0 Å². The van der Waals surface area contributed by atoms with Gasteiger partial charge in [-0.25, -0.2) is 4.79 Å². The van der Waals surface area contributed by atoms with Gasteiger partial charge >= 0.3 is 5.69 Å². The molecule has 0 aliphatic heterocycles. The molecule has 2 rings (SSSR count). The fourth-order valence-corrected chi connectivity index (χ4v) is 2.17. The number of imidazole rings is 1. The van der Waals surface area contributed by atoms with Gasteiger partial charge in [0.1, 0.15) is 0 Å². The van der Waals surface area contributed by atoms with Crippen LogP contribution in [-0.2, 0) is 20.6 Å². The second-order valence-corrected chi connectivity index (χ2v) is 4.56. The Morgan fingerprint density at radius 3 is 2.55 bits per heavy atom. The largest absolute Gasteiger partial charge is 0.396 e. The average molecular weight is 281 g/mol. The van der Waals surface area contributed by atoms with Crippen molar-refractivity contribution in [2.45, 2.75) is 19.9 Å². The van der Waals surface area contributed by atoms with Crippen molar-refractivity contribution in [3.63, 3.8) is 0 Å². The molecule has 8 nitrogen and oxygen atoms in total. The van der Waals surface area contributed by atoms with Crippen LogP contribution in [-0.4, -0.2) is 36.9 Å². The lowest BCUT2D eigenvalue weighted by atomic mass is 10.4. The highest BCUT2D eigenvalue weighted by atomic mass is 16.3. The average Bonchev–Trinajstić information content (AvgIpc) is 2.82. The molecule has 0 radical (unpaired) electrons. The molecule has 0 atom stereocenters. The number of anilines is 1. The van der Waals surface area contributed by atoms with Crippen LogP contribution < -0.4 is 16.6 Å². The topological polar surface area (TPSA) is 94.1 Å². The van der Waals surface area contributed by atoms with Crippen LogP contribution in [0, 0.1) is 0 Å². The number of rotatable bonds is 5. The lowest BCUT2D eigenvalue weighted by Gasteiger charge is -2.07. The lowest BCUT2D eigenvalue weighted by molar-refractivity contribution is 0.292. The smallest absolute Gasteiger partial charge is 0.332 e. The number of nitrogens with zero attached hydrogens (tertiary/aromatic N) is 4. The minimum absolute atomic E-state index is 0.0829. The third-order valence-corrected chi connectivity index (χ3v) is 3.28. The van der Waals surface area contributed by atoms with Crippen molar-refractivity contribution in [2.24, 2.45) is 14.1 Å². The van der Waals surface area contributed by atoms with Gasteiger partial charge in [0.2, 0.25) is 5.95 Å². The Labute approximate surface area is 115 Å². The van der Waals surface area contributed by atoms with Crippen molar-refractivity contribution >= 4 is 17.1 Å². The molecular formula is C12H19N5O3. The Morgan fingerprint density at radius 1 is 1.25 bits per heavy atom. The van der Waals surface area contributed by atoms with Crippen molar-refractivity contribution in [3.8, 4) is 0 Å². The molecule has 0 aromatic carbocycles. The van der Waals surface area contributed by atoms with E-state index in [4.69, 9.17) is 5.11 Å². The highest BCUT2D eigenvalue weighted by molar-refractivity contribution is 5.74. The number of fused-ring (bicyclic) bond motifs is 1. The maximum Gasteiger partial charge on any atom is 0.332 e. The number of nitrogens with one attached hydrogen (secondary N) is 1. The number of aromatic nitrogens is 4. The van der Waals surface area contributed by atoms with Gasteiger partial charge in [0.05, 0.1) is 0 Å². The van der Waals surface area contributed by atoms with Gasteiger partial charge in [0, 0.05) is 33.8 Å². The van der Waals surface area contributed by atoms with Crippen LogP contribution in [0.1, 0.15) is 13.3 Å². The summed E-state index contributed by atoms with van der Waals surface area (Å²) in [5, 5.41) is 11.9. The van der Waals surface area contributed by atoms with E-state index >= 15 is 0 Å². The highest BCUT2D eigenvalue weighted by Gasteiger charge is 2.17. The maximum absolute atomic E-state index is 12.2. The van der Waals surface area contributed by atoms with Gasteiger partial charge in [-0.3, -0.25) is 13.9 Å². The second kappa shape index (κ2) is 5.49. The van der Waals surface area contributed by atoms with E-state index < -0.39 is 5.69 Å². The van der Waals surface area contributed by atoms with Crippen LogP contribution in [0.2, 0.25) is 0 Å². The van der Waals surface area contributed by atoms with Crippen molar-refractivity contribution in [1.82, 2.24) is 18.7 Å². The molecule has 8 heteroatoms. The van der Waals surface area contributed by atoms with E-state index in [2.05, 4.69) is 10.3 Å². The van der Waals surface area contributed by atoms with Gasteiger partial charge < -0.3 is 15.0 Å². The summed E-state index contributed by atoms with van der Waals surface area (Å²) in [5.41, 5.74) is 0.0212. The predicted molar refractivity (Wildman–Crippen MR) is 76.1 cm³/mol. The van der Waals surface area contributed by atoms with Gasteiger partial charge in [-0.1, -0.05) is 0 Å². The minimum atomic E-state index is -0.398. The number of hydrogen-bond donors (Lipinski definition) is 2. The van der Waals surface area contributed by atoms with Crippen molar-refractivity contribution in [1.29, 1.82) is 0 Å². The number of hydrogen-bond acceptors (Lipinski definition) is 5. The fourth-order valence-electron chi connectivity index (χ4n) is 2.17. The van der Waals surface area contributed by atoms with E-state index in [1.807, 2.05) is 6.92 Å². The SMILES string of the molecule is CCn1c(NCCCO)nc2c1c(=O)n(C)c(=O)n2C. The van der Waals surface area contributed by atoms with Gasteiger partial charge in [-0.05, 0) is 13.3 Å². The van der Waals surface area contributed by atoms with E-state index in [0.29, 0.717) is 36.6 Å². The Balaban J connectivity index is 2.68. The molecule has 0 aliphatic carbocycles. The van der Waals surface area contributed by atoms with Crippen molar-refractivity contribution in [2.75, 3.05) is 18.5 Å². The Kier molecular flexibility index (Phi) is 3.93. The number of aliphatic hydroxyl groups excluding tert-OH is 1. The van der Waals surface area contributed by atoms with Gasteiger partial charge in [0.15, 0.2) is 11.2 Å². The molecule has 2 N–H and O–H groups in total. The van der Waals surface area contributed by atoms with Crippen molar-refractivity contribution < 1.29 is 5.11 Å². The standard InChI is InChI=1S/C12H19N5O3/c1-4-17-8-9(14-11(17)13-6-5-7-18)15(2)12(20)16(3)10(8)19/h18H,4-7H2,1-3H3,(H,13,14). The first kappa shape index (κ1) is 14.3. The first-order chi connectivity index (χ1) is 9.52. The molecule has 0 aliphatic rings. The summed E-state index contributed by atoms with van der Waals surface area (Å²) in [5.74, 6) is 0.536. The van der Waals surface area contributed by atoms with E-state index in [1.54, 1.807) is 11.6 Å². The molecule has 0 saturated heterocycles. The molecule has 0 unspecified atom stereocenters. The zero-order valence-corrected chi connectivity index (χ0v) is 11.9. The number of aliphatic hydroxyl groups is 1. The molecule has 20 heavy (non-hydrogen) atoms. The highest BCUT2D eigenvalue weighted by Crippen LogP contribution is 2.14. The summed E-state index contributed by atoms with van der Waals surface area (Å²) in [6.07, 6.45) is 0.587. The quantitative estimate of drug-likeness (QED) is 0.703. The van der Waals surface area contributed by atoms with E-state index in [0.717, 1.165) is 4.57 Å². The van der Waals surface area contributed by atoms with E-state index in [9.17, 15) is 9.59 Å². The molecule has 0 saturated carbocycles. The van der Waals surface area contributed by atoms with Gasteiger partial charge in [0.25, 0.3) is 5.56 Å². The summed E-state index contributed by atoms with van der Waals surface area (Å²) in [6, 6.07) is 0. The molecule has 0 fully saturated rings. The van der Waals surface area contributed by atoms with E-state index in [1.165, 1.54) is 11.6 Å². The third-order valence-electron chi connectivity index (χ3n) is 3.28. The molecule has 110 valence electrons. The normalized spacial score (nSPS) is 11.2. The summed E-state index contributed by atoms with van der Waals surface area (Å²) in [6.45, 7) is 3.10. The Bertz CT molecular complexity index is 740. The second-order valence-electron chi connectivity index (χ2n) is 4.56. The first-order valence-corrected chi connectivity index (χ1v) is 6.53. The molecule has 2 aromatic heterocycles. The van der Waals surface area contributed by atoms with E-state index in [-0.39, 0.29) is 12.2 Å². The molecular weight excluding hydrogens is 262 g/mol. The van der Waals surface area contributed by atoms with Crippen LogP contribution in [0.15, 0.2) is 9.59 Å². The van der Waals surface area contributed by atoms with Crippen LogP contribution in [0.5, 0.6) is 0 Å². The molecule has 0 amide bonds. The minimum Gasteiger partial charge on any atom is -0.396 e. The Morgan fingerprint density at radius 2 is 1.95 bits per heavy atom. The third kappa shape index (κ3) is 2.11. The van der Waals surface area contributed by atoms with Gasteiger partial charge in [-0.2, -0.15) is 4.98 Å². The van der Waals surface area contributed by atoms with Crippen LogP contribution in [0.25, 0.3) is 11.2 Å². The van der Waals surface area contributed by atoms with Crippen molar-refractivity contribution in [3.05, 3.63) is 20.8 Å². The van der Waals surface area contributed by atoms with Gasteiger partial charge in [-0.15, -0.1) is 0 Å². The van der Waals surface area contributed by atoms with Crippen LogP contribution in [0.3, 0.4) is 0 Å². The fraction of sp³-hybridized carbons (Fsp3) is 0.583. The molecule has 0 bridgehead atoms. The summed E-state index contributed by atoms with van der Waals surface area (Å²) in [4.78, 5) is 28.5. The maximum atomic E-state index is 12.2.